The number of rotatable bonds is 7. The molecular weight excluding hydrogens is 389 g/mol. The van der Waals surface area contributed by atoms with Crippen LogP contribution < -0.4 is 15.5 Å². The molecule has 0 saturated heterocycles. The second-order valence-corrected chi connectivity index (χ2v) is 6.09. The van der Waals surface area contributed by atoms with Crippen molar-refractivity contribution in [1.29, 1.82) is 0 Å². The van der Waals surface area contributed by atoms with E-state index in [-0.39, 0.29) is 13.2 Å². The molecule has 2 rings (SSSR count). The summed E-state index contributed by atoms with van der Waals surface area (Å²) in [6, 6.07) is 12.4. The van der Waals surface area contributed by atoms with Crippen molar-refractivity contribution in [2.24, 2.45) is 5.10 Å². The highest BCUT2D eigenvalue weighted by atomic mass is 35.5. The topological polar surface area (TPSA) is 79.8 Å². The summed E-state index contributed by atoms with van der Waals surface area (Å²) in [4.78, 5) is 23.0. The van der Waals surface area contributed by atoms with Crippen molar-refractivity contribution in [2.45, 2.75) is 6.61 Å². The van der Waals surface area contributed by atoms with E-state index in [9.17, 15) is 9.59 Å². The summed E-state index contributed by atoms with van der Waals surface area (Å²) in [6.07, 6.45) is 2.86. The number of carbonyl (C=O) groups excluding carboxylic acids is 2. The molecule has 140 valence electrons. The predicted octanol–water partition coefficient (Wildman–Crippen LogP) is 3.32. The van der Waals surface area contributed by atoms with Crippen molar-refractivity contribution in [1.82, 2.24) is 10.7 Å². The number of benzene rings is 2. The lowest BCUT2D eigenvalue weighted by molar-refractivity contribution is -0.139. The third kappa shape index (κ3) is 6.44. The van der Waals surface area contributed by atoms with Crippen molar-refractivity contribution in [3.8, 4) is 5.75 Å². The molecule has 0 spiro atoms. The summed E-state index contributed by atoms with van der Waals surface area (Å²) in [5.41, 5.74) is 3.63. The Morgan fingerprint density at radius 2 is 1.89 bits per heavy atom. The summed E-state index contributed by atoms with van der Waals surface area (Å²) in [6.45, 7) is 3.92. The van der Waals surface area contributed by atoms with Gasteiger partial charge in [0.05, 0.1) is 16.3 Å². The van der Waals surface area contributed by atoms with Gasteiger partial charge in [-0.2, -0.15) is 5.10 Å². The van der Waals surface area contributed by atoms with Gasteiger partial charge in [-0.25, -0.2) is 5.43 Å². The molecule has 0 saturated carbocycles. The summed E-state index contributed by atoms with van der Waals surface area (Å²) in [5, 5.41) is 7.06. The number of hydrazone groups is 1. The zero-order valence-corrected chi connectivity index (χ0v) is 15.8. The quantitative estimate of drug-likeness (QED) is 0.321. The van der Waals surface area contributed by atoms with Gasteiger partial charge in [0, 0.05) is 12.1 Å². The highest BCUT2D eigenvalue weighted by Gasteiger charge is 2.10. The van der Waals surface area contributed by atoms with Crippen LogP contribution in [0.5, 0.6) is 5.75 Å². The van der Waals surface area contributed by atoms with Crippen LogP contribution in [0.1, 0.15) is 11.1 Å². The van der Waals surface area contributed by atoms with Crippen LogP contribution in [0.25, 0.3) is 0 Å². The van der Waals surface area contributed by atoms with Crippen molar-refractivity contribution in [3.05, 3.63) is 76.3 Å². The first kappa shape index (κ1) is 20.5. The average Bonchev–Trinajstić information content (AvgIpc) is 2.67. The Balaban J connectivity index is 1.98. The van der Waals surface area contributed by atoms with E-state index in [1.165, 1.54) is 12.3 Å². The standard InChI is InChI=1S/C19H17Cl2N3O3/c1-2-9-22-18(25)19(26)24-23-11-14-5-3-4-6-17(14)27-12-13-7-8-15(20)16(21)10-13/h2-8,10-11H,1,9,12H2,(H,22,25)(H,24,26)/b23-11-. The van der Waals surface area contributed by atoms with E-state index in [2.05, 4.69) is 22.4 Å². The fourth-order valence-corrected chi connectivity index (χ4v) is 2.29. The number of ether oxygens (including phenoxy) is 1. The molecule has 0 heterocycles. The minimum absolute atomic E-state index is 0.196. The van der Waals surface area contributed by atoms with Gasteiger partial charge in [0.25, 0.3) is 0 Å². The normalized spacial score (nSPS) is 10.4. The minimum Gasteiger partial charge on any atom is -0.488 e. The van der Waals surface area contributed by atoms with Gasteiger partial charge in [0.15, 0.2) is 0 Å². The van der Waals surface area contributed by atoms with Crippen molar-refractivity contribution >= 4 is 41.2 Å². The number of nitrogens with one attached hydrogen (secondary N) is 2. The Kier molecular flexibility index (Phi) is 7.85. The van der Waals surface area contributed by atoms with Crippen LogP contribution in [-0.2, 0) is 16.2 Å². The Morgan fingerprint density at radius 3 is 2.63 bits per heavy atom. The summed E-state index contributed by atoms with van der Waals surface area (Å²) < 4.78 is 5.78. The average molecular weight is 406 g/mol. The molecule has 8 heteroatoms. The van der Waals surface area contributed by atoms with Crippen molar-refractivity contribution < 1.29 is 14.3 Å². The Bertz CT molecular complexity index is 869. The van der Waals surface area contributed by atoms with Crippen molar-refractivity contribution in [3.63, 3.8) is 0 Å². The molecule has 2 N–H and O–H groups in total. The molecule has 2 aromatic rings. The Labute approximate surface area is 166 Å². The van der Waals surface area contributed by atoms with Gasteiger partial charge in [0.2, 0.25) is 0 Å². The molecule has 0 bridgehead atoms. The number of halogens is 2. The van der Waals surface area contributed by atoms with Gasteiger partial charge in [-0.15, -0.1) is 6.58 Å². The molecule has 6 nitrogen and oxygen atoms in total. The first-order valence-electron chi connectivity index (χ1n) is 7.89. The number of carbonyl (C=O) groups is 2. The first-order chi connectivity index (χ1) is 13.0. The second-order valence-electron chi connectivity index (χ2n) is 5.27. The predicted molar refractivity (Wildman–Crippen MR) is 106 cm³/mol. The molecule has 27 heavy (non-hydrogen) atoms. The number of hydrogen-bond acceptors (Lipinski definition) is 4. The molecule has 0 radical (unpaired) electrons. The van der Waals surface area contributed by atoms with Crippen LogP contribution in [0, 0.1) is 0 Å². The maximum absolute atomic E-state index is 11.6. The van der Waals surface area contributed by atoms with Gasteiger partial charge in [0.1, 0.15) is 12.4 Å². The molecule has 0 aliphatic carbocycles. The number of para-hydroxylation sites is 1. The van der Waals surface area contributed by atoms with Gasteiger partial charge < -0.3 is 10.1 Å². The largest absolute Gasteiger partial charge is 0.488 e. The summed E-state index contributed by atoms with van der Waals surface area (Å²) in [5.74, 6) is -1.11. The maximum atomic E-state index is 11.6. The Hall–Kier alpha value is -2.83. The number of amides is 2. The third-order valence-corrected chi connectivity index (χ3v) is 4.02. The molecule has 0 aliphatic heterocycles. The molecule has 2 aromatic carbocycles. The molecule has 0 atom stereocenters. The van der Waals surface area contributed by atoms with Crippen LogP contribution >= 0.6 is 23.2 Å². The van der Waals surface area contributed by atoms with Crippen LogP contribution in [-0.4, -0.2) is 24.6 Å². The smallest absolute Gasteiger partial charge is 0.329 e. The van der Waals surface area contributed by atoms with Crippen LogP contribution in [0.2, 0.25) is 10.0 Å². The summed E-state index contributed by atoms with van der Waals surface area (Å²) >= 11 is 11.9. The van der Waals surface area contributed by atoms with Crippen LogP contribution in [0.3, 0.4) is 0 Å². The second kappa shape index (κ2) is 10.4. The van der Waals surface area contributed by atoms with E-state index in [0.29, 0.717) is 21.4 Å². The summed E-state index contributed by atoms with van der Waals surface area (Å²) in [7, 11) is 0. The van der Waals surface area contributed by atoms with Gasteiger partial charge in [-0.3, -0.25) is 9.59 Å². The Morgan fingerprint density at radius 1 is 1.11 bits per heavy atom. The van der Waals surface area contributed by atoms with Crippen LogP contribution in [0.15, 0.2) is 60.2 Å². The van der Waals surface area contributed by atoms with Crippen molar-refractivity contribution in [2.75, 3.05) is 6.54 Å². The lowest BCUT2D eigenvalue weighted by Crippen LogP contribution is -2.37. The van der Waals surface area contributed by atoms with E-state index >= 15 is 0 Å². The highest BCUT2D eigenvalue weighted by Crippen LogP contribution is 2.24. The zero-order chi connectivity index (χ0) is 19.6. The van der Waals surface area contributed by atoms with Gasteiger partial charge >= 0.3 is 11.8 Å². The minimum atomic E-state index is -0.873. The van der Waals surface area contributed by atoms with Crippen LogP contribution in [0.4, 0.5) is 0 Å². The highest BCUT2D eigenvalue weighted by molar-refractivity contribution is 6.42. The van der Waals surface area contributed by atoms with E-state index in [1.54, 1.807) is 30.3 Å². The molecule has 0 unspecified atom stereocenters. The molecule has 0 aromatic heterocycles. The van der Waals surface area contributed by atoms with Gasteiger partial charge in [-0.1, -0.05) is 47.5 Å². The first-order valence-corrected chi connectivity index (χ1v) is 8.64. The molecule has 0 fully saturated rings. The molecule has 2 amide bonds. The SMILES string of the molecule is C=CCNC(=O)C(=O)N/N=C\c1ccccc1OCc1ccc(Cl)c(Cl)c1. The zero-order valence-electron chi connectivity index (χ0n) is 14.2. The monoisotopic (exact) mass is 405 g/mol. The lowest BCUT2D eigenvalue weighted by Gasteiger charge is -2.09. The number of nitrogens with zero attached hydrogens (tertiary/aromatic N) is 1. The molecule has 0 aliphatic rings. The third-order valence-electron chi connectivity index (χ3n) is 3.28. The maximum Gasteiger partial charge on any atom is 0.329 e. The van der Waals surface area contributed by atoms with Gasteiger partial charge in [-0.05, 0) is 29.8 Å². The fourth-order valence-electron chi connectivity index (χ4n) is 1.97. The molecular formula is C19H17Cl2N3O3. The van der Waals surface area contributed by atoms with E-state index < -0.39 is 11.8 Å². The van der Waals surface area contributed by atoms with E-state index in [1.807, 2.05) is 12.1 Å². The van der Waals surface area contributed by atoms with E-state index in [0.717, 1.165) is 5.56 Å². The lowest BCUT2D eigenvalue weighted by atomic mass is 10.2. The van der Waals surface area contributed by atoms with E-state index in [4.69, 9.17) is 27.9 Å². The number of hydrogen-bond donors (Lipinski definition) is 2. The fraction of sp³-hybridized carbons (Fsp3) is 0.105.